The third-order valence-corrected chi connectivity index (χ3v) is 2.69. The summed E-state index contributed by atoms with van der Waals surface area (Å²) in [5.74, 6) is 0. The first-order valence-electron chi connectivity index (χ1n) is 4.35. The monoisotopic (exact) mass is 157 g/mol. The molecule has 0 aromatic rings. The van der Waals surface area contributed by atoms with E-state index in [1.807, 2.05) is 0 Å². The molecular weight excluding hydrogens is 138 g/mol. The van der Waals surface area contributed by atoms with E-state index in [9.17, 15) is 0 Å². The Kier molecular flexibility index (Phi) is 2.26. The second-order valence-corrected chi connectivity index (χ2v) is 4.34. The maximum Gasteiger partial charge on any atom is 0.0659 e. The highest BCUT2D eigenvalue weighted by atomic mass is 16.5. The zero-order valence-electron chi connectivity index (χ0n) is 7.92. The van der Waals surface area contributed by atoms with Gasteiger partial charge in [0.15, 0.2) is 0 Å². The predicted molar refractivity (Wildman–Crippen MR) is 46.4 cm³/mol. The maximum atomic E-state index is 5.84. The Morgan fingerprint density at radius 2 is 2.00 bits per heavy atom. The largest absolute Gasteiger partial charge is 0.375 e. The molecule has 0 heterocycles. The Labute approximate surface area is 69.1 Å². The molecule has 1 fully saturated rings. The third-order valence-electron chi connectivity index (χ3n) is 2.69. The molecule has 1 saturated carbocycles. The van der Waals surface area contributed by atoms with Gasteiger partial charge < -0.3 is 10.5 Å². The van der Waals surface area contributed by atoms with Gasteiger partial charge in [-0.2, -0.15) is 0 Å². The van der Waals surface area contributed by atoms with Gasteiger partial charge in [0, 0.05) is 11.5 Å². The highest BCUT2D eigenvalue weighted by Gasteiger charge is 2.47. The average molecular weight is 157 g/mol. The van der Waals surface area contributed by atoms with Crippen molar-refractivity contribution < 1.29 is 4.74 Å². The van der Waals surface area contributed by atoms with E-state index in [0.29, 0.717) is 18.2 Å². The van der Waals surface area contributed by atoms with E-state index in [4.69, 9.17) is 10.5 Å². The van der Waals surface area contributed by atoms with E-state index in [1.165, 1.54) is 0 Å². The summed E-state index contributed by atoms with van der Waals surface area (Å²) in [6.45, 7) is 8.49. The van der Waals surface area contributed by atoms with Crippen LogP contribution in [0.5, 0.6) is 0 Å². The summed E-state index contributed by atoms with van der Waals surface area (Å²) in [6, 6.07) is 0.325. The van der Waals surface area contributed by atoms with Gasteiger partial charge >= 0.3 is 0 Å². The van der Waals surface area contributed by atoms with Crippen molar-refractivity contribution in [3.8, 4) is 0 Å². The minimum atomic E-state index is 0.185. The lowest BCUT2D eigenvalue weighted by atomic mass is 9.65. The van der Waals surface area contributed by atoms with Gasteiger partial charge in [0.2, 0.25) is 0 Å². The van der Waals surface area contributed by atoms with Crippen molar-refractivity contribution >= 4 is 0 Å². The average Bonchev–Trinajstić information content (AvgIpc) is 1.87. The Bertz CT molecular complexity index is 142. The van der Waals surface area contributed by atoms with Crippen molar-refractivity contribution in [1.29, 1.82) is 0 Å². The summed E-state index contributed by atoms with van der Waals surface area (Å²) in [4.78, 5) is 0. The predicted octanol–water partition coefficient (Wildman–Crippen LogP) is 1.54. The van der Waals surface area contributed by atoms with Gasteiger partial charge in [0.25, 0.3) is 0 Å². The first-order chi connectivity index (χ1) is 4.94. The molecule has 1 aliphatic rings. The number of rotatable bonds is 2. The molecule has 0 aromatic carbocycles. The maximum absolute atomic E-state index is 5.84. The number of hydrogen-bond acceptors (Lipinski definition) is 2. The van der Waals surface area contributed by atoms with Crippen molar-refractivity contribution in [2.45, 2.75) is 52.4 Å². The van der Waals surface area contributed by atoms with Gasteiger partial charge in [0.05, 0.1) is 12.2 Å². The molecule has 11 heavy (non-hydrogen) atoms. The quantitative estimate of drug-likeness (QED) is 0.660. The summed E-state index contributed by atoms with van der Waals surface area (Å²) in [5.41, 5.74) is 6.03. The van der Waals surface area contributed by atoms with Gasteiger partial charge in [-0.25, -0.2) is 0 Å². The van der Waals surface area contributed by atoms with E-state index in [2.05, 4.69) is 27.7 Å². The molecule has 0 amide bonds. The smallest absolute Gasteiger partial charge is 0.0659 e. The highest BCUT2D eigenvalue weighted by Crippen LogP contribution is 2.41. The molecule has 2 heteroatoms. The summed E-state index contributed by atoms with van der Waals surface area (Å²) in [6.07, 6.45) is 1.72. The molecular formula is C9H19NO. The molecule has 1 aliphatic carbocycles. The molecule has 0 spiro atoms. The molecule has 2 N–H and O–H groups in total. The van der Waals surface area contributed by atoms with Crippen LogP contribution in [0.3, 0.4) is 0 Å². The number of nitrogens with two attached hydrogens (primary N) is 1. The van der Waals surface area contributed by atoms with Crippen LogP contribution in [0.15, 0.2) is 0 Å². The fourth-order valence-electron chi connectivity index (χ4n) is 1.48. The van der Waals surface area contributed by atoms with Crippen LogP contribution in [-0.2, 0) is 4.74 Å². The lowest BCUT2D eigenvalue weighted by Crippen LogP contribution is -2.59. The molecule has 0 saturated heterocycles. The number of hydrogen-bond donors (Lipinski definition) is 1. The van der Waals surface area contributed by atoms with Crippen LogP contribution in [0.2, 0.25) is 0 Å². The van der Waals surface area contributed by atoms with Crippen molar-refractivity contribution in [2.75, 3.05) is 0 Å². The molecule has 0 aliphatic heterocycles. The Morgan fingerprint density at radius 1 is 1.45 bits per heavy atom. The van der Waals surface area contributed by atoms with Crippen LogP contribution in [-0.4, -0.2) is 18.2 Å². The van der Waals surface area contributed by atoms with Crippen molar-refractivity contribution in [3.63, 3.8) is 0 Å². The van der Waals surface area contributed by atoms with Crippen LogP contribution in [0.4, 0.5) is 0 Å². The van der Waals surface area contributed by atoms with Gasteiger partial charge in [-0.3, -0.25) is 0 Å². The lowest BCUT2D eigenvalue weighted by molar-refractivity contribution is -0.130. The summed E-state index contributed by atoms with van der Waals surface area (Å²) in [7, 11) is 0. The van der Waals surface area contributed by atoms with Gasteiger partial charge in [0.1, 0.15) is 0 Å². The minimum Gasteiger partial charge on any atom is -0.375 e. The topological polar surface area (TPSA) is 35.2 Å². The van der Waals surface area contributed by atoms with Crippen molar-refractivity contribution in [1.82, 2.24) is 0 Å². The van der Waals surface area contributed by atoms with Gasteiger partial charge in [-0.05, 0) is 20.3 Å². The van der Waals surface area contributed by atoms with Crippen LogP contribution in [0.25, 0.3) is 0 Å². The molecule has 0 aromatic heterocycles. The lowest BCUT2D eigenvalue weighted by Gasteiger charge is -2.50. The summed E-state index contributed by atoms with van der Waals surface area (Å²) in [5, 5.41) is 0. The molecule has 66 valence electrons. The van der Waals surface area contributed by atoms with E-state index in [0.717, 1.165) is 6.42 Å². The van der Waals surface area contributed by atoms with Crippen LogP contribution < -0.4 is 5.73 Å². The summed E-state index contributed by atoms with van der Waals surface area (Å²) >= 11 is 0. The van der Waals surface area contributed by atoms with Gasteiger partial charge in [-0.1, -0.05) is 13.8 Å². The van der Waals surface area contributed by atoms with E-state index >= 15 is 0 Å². The Hall–Kier alpha value is -0.0800. The zero-order chi connectivity index (χ0) is 8.65. The SMILES string of the molecule is CC(C)O[C@H]1C[C@H](N)C1(C)C. The molecule has 2 atom stereocenters. The number of ether oxygens (including phenoxy) is 1. The highest BCUT2D eigenvalue weighted by molar-refractivity contribution is 5.00. The van der Waals surface area contributed by atoms with Crippen molar-refractivity contribution in [3.05, 3.63) is 0 Å². The Balaban J connectivity index is 2.40. The van der Waals surface area contributed by atoms with Crippen molar-refractivity contribution in [2.24, 2.45) is 11.1 Å². The fraction of sp³-hybridized carbons (Fsp3) is 1.00. The van der Waals surface area contributed by atoms with Crippen LogP contribution in [0.1, 0.15) is 34.1 Å². The molecule has 0 bridgehead atoms. The summed E-state index contributed by atoms with van der Waals surface area (Å²) < 4.78 is 5.69. The van der Waals surface area contributed by atoms with Gasteiger partial charge in [-0.15, -0.1) is 0 Å². The fourth-order valence-corrected chi connectivity index (χ4v) is 1.48. The van der Waals surface area contributed by atoms with E-state index in [1.54, 1.807) is 0 Å². The molecule has 2 nitrogen and oxygen atoms in total. The van der Waals surface area contributed by atoms with Crippen LogP contribution in [0, 0.1) is 5.41 Å². The zero-order valence-corrected chi connectivity index (χ0v) is 7.92. The van der Waals surface area contributed by atoms with E-state index < -0.39 is 0 Å². The first kappa shape index (κ1) is 9.01. The standard InChI is InChI=1S/C9H19NO/c1-6(2)11-8-5-7(10)9(8,3)4/h6-8H,5,10H2,1-4H3/t7-,8-/m0/s1. The normalized spacial score (nSPS) is 35.5. The molecule has 0 unspecified atom stereocenters. The molecule has 0 radical (unpaired) electrons. The second-order valence-electron chi connectivity index (χ2n) is 4.34. The first-order valence-corrected chi connectivity index (χ1v) is 4.35. The minimum absolute atomic E-state index is 0.185. The third kappa shape index (κ3) is 1.57. The Morgan fingerprint density at radius 3 is 2.27 bits per heavy atom. The molecule has 1 rings (SSSR count). The van der Waals surface area contributed by atoms with E-state index in [-0.39, 0.29) is 5.41 Å². The second kappa shape index (κ2) is 2.76. The van der Waals surface area contributed by atoms with Crippen LogP contribution >= 0.6 is 0 Å².